The zero-order valence-electron chi connectivity index (χ0n) is 31.1. The van der Waals surface area contributed by atoms with Crippen molar-refractivity contribution < 1.29 is 14.6 Å². The van der Waals surface area contributed by atoms with E-state index in [-0.39, 0.29) is 45.3 Å². The van der Waals surface area contributed by atoms with Crippen LogP contribution < -0.4 is 0 Å². The highest BCUT2D eigenvalue weighted by atomic mass is 16.5. The Balaban J connectivity index is 1.26. The molecule has 0 saturated heterocycles. The first-order valence-corrected chi connectivity index (χ1v) is 19.7. The van der Waals surface area contributed by atoms with Crippen LogP contribution in [-0.2, 0) is 9.53 Å². The molecule has 11 atom stereocenters. The Labute approximate surface area is 278 Å². The summed E-state index contributed by atoms with van der Waals surface area (Å²) in [6.45, 7) is 22.3. The first kappa shape index (κ1) is 35.5. The first-order valence-electron chi connectivity index (χ1n) is 19.7. The number of fused-ring (bicyclic) bond motifs is 7. The fourth-order valence-electron chi connectivity index (χ4n) is 12.9. The topological polar surface area (TPSA) is 46.5 Å². The van der Waals surface area contributed by atoms with Gasteiger partial charge in [0.05, 0.1) is 6.10 Å². The van der Waals surface area contributed by atoms with Crippen LogP contribution in [0, 0.1) is 56.7 Å². The van der Waals surface area contributed by atoms with Crippen LogP contribution in [0.2, 0.25) is 0 Å². The number of hydrogen-bond donors (Lipinski definition) is 1. The molecule has 5 aliphatic carbocycles. The zero-order chi connectivity index (χ0) is 32.8. The van der Waals surface area contributed by atoms with Crippen LogP contribution >= 0.6 is 0 Å². The van der Waals surface area contributed by atoms with Crippen LogP contribution in [-0.4, -0.2) is 23.3 Å². The van der Waals surface area contributed by atoms with Gasteiger partial charge < -0.3 is 9.84 Å². The second-order valence-corrected chi connectivity index (χ2v) is 18.8. The van der Waals surface area contributed by atoms with Gasteiger partial charge in [0.25, 0.3) is 0 Å². The van der Waals surface area contributed by atoms with Crippen LogP contribution in [0.1, 0.15) is 178 Å². The lowest BCUT2D eigenvalue weighted by atomic mass is 9.33. The van der Waals surface area contributed by atoms with Gasteiger partial charge in [-0.1, -0.05) is 125 Å². The van der Waals surface area contributed by atoms with Crippen molar-refractivity contribution in [1.82, 2.24) is 0 Å². The molecule has 0 bridgehead atoms. The van der Waals surface area contributed by atoms with E-state index >= 15 is 0 Å². The van der Waals surface area contributed by atoms with Gasteiger partial charge in [-0.15, -0.1) is 0 Å². The Hall–Kier alpha value is -0.830. The number of aliphatic hydroxyl groups excluding tert-OH is 1. The highest BCUT2D eigenvalue weighted by Gasteiger charge is 2.69. The summed E-state index contributed by atoms with van der Waals surface area (Å²) in [6.07, 6.45) is 23.6. The van der Waals surface area contributed by atoms with Gasteiger partial charge in [-0.05, 0) is 104 Å². The van der Waals surface area contributed by atoms with Gasteiger partial charge in [0.15, 0.2) is 0 Å². The fourth-order valence-corrected chi connectivity index (χ4v) is 12.9. The number of ether oxygens (including phenoxy) is 1. The van der Waals surface area contributed by atoms with Crippen molar-refractivity contribution in [3.8, 4) is 0 Å². The van der Waals surface area contributed by atoms with Crippen molar-refractivity contribution >= 4 is 5.97 Å². The number of aliphatic hydroxyl groups is 1. The summed E-state index contributed by atoms with van der Waals surface area (Å²) >= 11 is 0. The number of hydrogen-bond acceptors (Lipinski definition) is 3. The van der Waals surface area contributed by atoms with Crippen LogP contribution in [0.5, 0.6) is 0 Å². The van der Waals surface area contributed by atoms with Crippen molar-refractivity contribution in [3.63, 3.8) is 0 Å². The van der Waals surface area contributed by atoms with E-state index in [0.29, 0.717) is 30.1 Å². The van der Waals surface area contributed by atoms with Crippen molar-refractivity contribution in [1.29, 1.82) is 0 Å². The molecule has 0 aromatic heterocycles. The van der Waals surface area contributed by atoms with E-state index in [2.05, 4.69) is 68.4 Å². The van der Waals surface area contributed by atoms with Gasteiger partial charge in [-0.25, -0.2) is 0 Å². The predicted octanol–water partition coefficient (Wildman–Crippen LogP) is 11.5. The van der Waals surface area contributed by atoms with E-state index in [1.165, 1.54) is 70.6 Å². The lowest BCUT2D eigenvalue weighted by molar-refractivity contribution is -0.221. The Morgan fingerprint density at radius 3 is 2.11 bits per heavy atom. The number of carbonyl (C=O) groups excluding carboxylic acids is 1. The number of esters is 1. The minimum absolute atomic E-state index is 0.0136. The molecule has 5 aliphatic rings. The molecular formula is C42H72O3. The summed E-state index contributed by atoms with van der Waals surface area (Å²) in [5, 5.41) is 11.9. The molecule has 4 fully saturated rings. The molecule has 0 radical (unpaired) electrons. The van der Waals surface area contributed by atoms with E-state index in [1.807, 2.05) is 0 Å². The summed E-state index contributed by atoms with van der Waals surface area (Å²) in [7, 11) is 0. The lowest BCUT2D eigenvalue weighted by Gasteiger charge is -2.72. The lowest BCUT2D eigenvalue weighted by Crippen LogP contribution is -2.66. The maximum atomic E-state index is 13.1. The standard InChI is InChI=1S/C42H72O3/c1-10-11-12-13-14-15-16-17-18-19-36(44)45-35-24-26-39(6)32(38(35,4)5)23-27-41(8)33(39)21-20-31-37-30(3)29(2)22-25-40(37,7)34(43)28-42(31,41)9/h20,29-30,32-35,37,43H,10-19,21-28H2,1-9H3/t29-,30+,32+,33-,34+,35+,37+,39+,40-,41-,42-/m1/s1. The number of unbranched alkanes of at least 4 members (excludes halogenated alkanes) is 8. The summed E-state index contributed by atoms with van der Waals surface area (Å²) in [6, 6.07) is 0. The minimum atomic E-state index is -0.224. The summed E-state index contributed by atoms with van der Waals surface area (Å²) in [4.78, 5) is 13.1. The largest absolute Gasteiger partial charge is 0.462 e. The average molecular weight is 625 g/mol. The summed E-state index contributed by atoms with van der Waals surface area (Å²) in [5.74, 6) is 3.02. The second-order valence-electron chi connectivity index (χ2n) is 18.8. The Kier molecular flexibility index (Phi) is 10.4. The molecule has 0 aliphatic heterocycles. The van der Waals surface area contributed by atoms with Crippen LogP contribution in [0.15, 0.2) is 11.6 Å². The van der Waals surface area contributed by atoms with Crippen molar-refractivity contribution in [2.75, 3.05) is 0 Å². The SMILES string of the molecule is CCCCCCCCCCCC(=O)O[C@H]1CC[C@]2(C)[C@H]3CC=C4[C@@H]5[C@@H](C)[C@H](C)CC[C@]5(C)[C@@H](O)C[C@@]4(C)[C@]3(C)CC[C@H]2C1(C)C. The van der Waals surface area contributed by atoms with E-state index in [1.54, 1.807) is 5.57 Å². The van der Waals surface area contributed by atoms with Gasteiger partial charge in [-0.2, -0.15) is 0 Å². The fraction of sp³-hybridized carbons (Fsp3) is 0.929. The normalized spacial score (nSPS) is 45.4. The molecular weight excluding hydrogens is 552 g/mol. The molecule has 0 unspecified atom stereocenters. The number of carbonyl (C=O) groups is 1. The second kappa shape index (κ2) is 13.2. The Morgan fingerprint density at radius 2 is 1.44 bits per heavy atom. The first-order chi connectivity index (χ1) is 21.2. The van der Waals surface area contributed by atoms with Gasteiger partial charge in [0.1, 0.15) is 6.10 Å². The summed E-state index contributed by atoms with van der Waals surface area (Å²) < 4.78 is 6.36. The van der Waals surface area contributed by atoms with Crippen molar-refractivity contribution in [2.45, 2.75) is 190 Å². The van der Waals surface area contributed by atoms with Crippen LogP contribution in [0.4, 0.5) is 0 Å². The molecule has 4 saturated carbocycles. The molecule has 0 heterocycles. The molecule has 0 amide bonds. The van der Waals surface area contributed by atoms with Crippen molar-refractivity contribution in [3.05, 3.63) is 11.6 Å². The third kappa shape index (κ3) is 5.92. The molecule has 0 spiro atoms. The zero-order valence-corrected chi connectivity index (χ0v) is 31.1. The third-order valence-electron chi connectivity index (χ3n) is 16.2. The maximum absolute atomic E-state index is 13.1. The monoisotopic (exact) mass is 625 g/mol. The van der Waals surface area contributed by atoms with E-state index in [4.69, 9.17) is 4.74 Å². The van der Waals surface area contributed by atoms with Gasteiger partial charge in [-0.3, -0.25) is 4.79 Å². The Morgan fingerprint density at radius 1 is 0.822 bits per heavy atom. The molecule has 0 aromatic carbocycles. The molecule has 258 valence electrons. The van der Waals surface area contributed by atoms with Crippen molar-refractivity contribution in [2.24, 2.45) is 56.7 Å². The van der Waals surface area contributed by atoms with E-state index in [9.17, 15) is 9.90 Å². The van der Waals surface area contributed by atoms with E-state index < -0.39 is 0 Å². The number of rotatable bonds is 11. The van der Waals surface area contributed by atoms with Crippen LogP contribution in [0.3, 0.4) is 0 Å². The van der Waals surface area contributed by atoms with Gasteiger partial charge >= 0.3 is 5.97 Å². The third-order valence-corrected chi connectivity index (χ3v) is 16.2. The van der Waals surface area contributed by atoms with Crippen LogP contribution in [0.25, 0.3) is 0 Å². The molecule has 5 rings (SSSR count). The maximum Gasteiger partial charge on any atom is 0.306 e. The average Bonchev–Trinajstić information content (AvgIpc) is 2.97. The highest BCUT2D eigenvalue weighted by molar-refractivity contribution is 5.69. The van der Waals surface area contributed by atoms with Gasteiger partial charge in [0.2, 0.25) is 0 Å². The summed E-state index contributed by atoms with van der Waals surface area (Å²) in [5.41, 5.74) is 2.15. The molecule has 1 N–H and O–H groups in total. The smallest absolute Gasteiger partial charge is 0.306 e. The predicted molar refractivity (Wildman–Crippen MR) is 188 cm³/mol. The quantitative estimate of drug-likeness (QED) is 0.141. The molecule has 3 heteroatoms. The minimum Gasteiger partial charge on any atom is -0.462 e. The van der Waals surface area contributed by atoms with E-state index in [0.717, 1.165) is 44.4 Å². The molecule has 45 heavy (non-hydrogen) atoms. The van der Waals surface area contributed by atoms with Gasteiger partial charge in [0, 0.05) is 17.3 Å². The Bertz CT molecular complexity index is 1080. The molecule has 3 nitrogen and oxygen atoms in total. The number of allylic oxidation sites excluding steroid dienone is 2. The molecule has 0 aromatic rings. The highest BCUT2D eigenvalue weighted by Crippen LogP contribution is 2.75.